The van der Waals surface area contributed by atoms with Gasteiger partial charge < -0.3 is 14.8 Å². The molecule has 0 fully saturated rings. The third-order valence-corrected chi connectivity index (χ3v) is 6.58. The van der Waals surface area contributed by atoms with Crippen LogP contribution in [-0.2, 0) is 11.0 Å². The number of methoxy groups -OCH3 is 1. The van der Waals surface area contributed by atoms with Crippen molar-refractivity contribution in [2.75, 3.05) is 12.4 Å². The van der Waals surface area contributed by atoms with Gasteiger partial charge >= 0.3 is 6.18 Å². The number of thioether (sulfide) groups is 1. The molecule has 0 saturated heterocycles. The zero-order valence-electron chi connectivity index (χ0n) is 20.8. The molecule has 0 spiro atoms. The molecule has 1 N–H and O–H groups in total. The molecular weight excluding hydrogens is 517 g/mol. The first-order valence-electron chi connectivity index (χ1n) is 11.6. The van der Waals surface area contributed by atoms with Crippen molar-refractivity contribution in [1.82, 2.24) is 14.8 Å². The van der Waals surface area contributed by atoms with Crippen LogP contribution in [0.25, 0.3) is 5.69 Å². The van der Waals surface area contributed by atoms with Gasteiger partial charge in [-0.05, 0) is 62.4 Å². The molecule has 3 aromatic carbocycles. The van der Waals surface area contributed by atoms with E-state index >= 15 is 0 Å². The van der Waals surface area contributed by atoms with Crippen LogP contribution >= 0.6 is 11.8 Å². The minimum absolute atomic E-state index is 0.263. The molecule has 7 nitrogen and oxygen atoms in total. The van der Waals surface area contributed by atoms with Gasteiger partial charge in [0, 0.05) is 11.4 Å². The average Bonchev–Trinajstić information content (AvgIpc) is 3.32. The first-order chi connectivity index (χ1) is 18.2. The van der Waals surface area contributed by atoms with E-state index in [9.17, 15) is 18.0 Å². The fraction of sp³-hybridized carbons (Fsp3) is 0.222. The van der Waals surface area contributed by atoms with Crippen molar-refractivity contribution in [3.63, 3.8) is 0 Å². The van der Waals surface area contributed by atoms with Gasteiger partial charge in [-0.1, -0.05) is 42.1 Å². The number of hydrogen-bond donors (Lipinski definition) is 1. The summed E-state index contributed by atoms with van der Waals surface area (Å²) in [5.74, 6) is 1.24. The number of anilines is 1. The van der Waals surface area contributed by atoms with Gasteiger partial charge in [-0.3, -0.25) is 9.36 Å². The highest BCUT2D eigenvalue weighted by Gasteiger charge is 2.30. The largest absolute Gasteiger partial charge is 0.493 e. The van der Waals surface area contributed by atoms with Crippen molar-refractivity contribution in [3.05, 3.63) is 90.3 Å². The Morgan fingerprint density at radius 3 is 2.18 bits per heavy atom. The van der Waals surface area contributed by atoms with E-state index in [0.29, 0.717) is 22.5 Å². The smallest absolute Gasteiger partial charge is 0.416 e. The maximum Gasteiger partial charge on any atom is 0.416 e. The molecule has 0 radical (unpaired) electrons. The van der Waals surface area contributed by atoms with Crippen LogP contribution in [0.2, 0.25) is 0 Å². The molecule has 2 atom stereocenters. The fourth-order valence-corrected chi connectivity index (χ4v) is 4.47. The number of nitrogens with one attached hydrogen (secondary N) is 1. The molecule has 0 aliphatic heterocycles. The molecule has 1 heterocycles. The Balaban J connectivity index is 1.55. The second-order valence-corrected chi connectivity index (χ2v) is 9.56. The van der Waals surface area contributed by atoms with E-state index in [1.807, 2.05) is 54.0 Å². The third kappa shape index (κ3) is 6.28. The normalized spacial score (nSPS) is 13.0. The fourth-order valence-electron chi connectivity index (χ4n) is 3.60. The van der Waals surface area contributed by atoms with Crippen LogP contribution in [-0.4, -0.2) is 33.0 Å². The van der Waals surface area contributed by atoms with E-state index in [4.69, 9.17) is 9.47 Å². The summed E-state index contributed by atoms with van der Waals surface area (Å²) in [7, 11) is 1.56. The number of benzene rings is 3. The average molecular weight is 543 g/mol. The third-order valence-electron chi connectivity index (χ3n) is 5.54. The number of ether oxygens (including phenoxy) is 2. The number of hydrogen-bond acceptors (Lipinski definition) is 6. The van der Waals surface area contributed by atoms with Crippen LogP contribution < -0.4 is 14.8 Å². The first-order valence-corrected chi connectivity index (χ1v) is 12.5. The van der Waals surface area contributed by atoms with E-state index in [-0.39, 0.29) is 5.69 Å². The maximum atomic E-state index is 12.8. The molecule has 38 heavy (non-hydrogen) atoms. The molecule has 0 aliphatic carbocycles. The van der Waals surface area contributed by atoms with E-state index < -0.39 is 29.0 Å². The molecule has 2 unspecified atom stereocenters. The standard InChI is InChI=1S/C27H25F3N4O3S/c1-17(37-23-12-8-7-11-22(23)36-3)24-32-33-26(34(24)21-9-5-4-6-10-21)38-18(2)25(35)31-20-15-13-19(14-16-20)27(28,29)30/h4-18H,1-3H3,(H,31,35). The molecule has 4 rings (SSSR count). The van der Waals surface area contributed by atoms with Gasteiger partial charge in [0.05, 0.1) is 17.9 Å². The Hall–Kier alpha value is -3.99. The topological polar surface area (TPSA) is 78.3 Å². The van der Waals surface area contributed by atoms with E-state index in [0.717, 1.165) is 17.8 Å². The number of nitrogens with zero attached hydrogens (tertiary/aromatic N) is 3. The van der Waals surface area contributed by atoms with Crippen LogP contribution in [0.5, 0.6) is 11.5 Å². The summed E-state index contributed by atoms with van der Waals surface area (Å²) in [4.78, 5) is 12.8. The predicted octanol–water partition coefficient (Wildman–Crippen LogP) is 6.55. The number of carbonyl (C=O) groups excluding carboxylic acids is 1. The van der Waals surface area contributed by atoms with Crippen molar-refractivity contribution in [2.45, 2.75) is 36.5 Å². The zero-order chi connectivity index (χ0) is 27.3. The minimum Gasteiger partial charge on any atom is -0.493 e. The van der Waals surface area contributed by atoms with Crippen LogP contribution in [0, 0.1) is 0 Å². The Bertz CT molecular complexity index is 1380. The van der Waals surface area contributed by atoms with Gasteiger partial charge in [0.15, 0.2) is 28.6 Å². The number of para-hydroxylation sites is 3. The van der Waals surface area contributed by atoms with Crippen molar-refractivity contribution < 1.29 is 27.4 Å². The van der Waals surface area contributed by atoms with Gasteiger partial charge in [0.2, 0.25) is 5.91 Å². The maximum absolute atomic E-state index is 12.8. The lowest BCUT2D eigenvalue weighted by molar-refractivity contribution is -0.137. The lowest BCUT2D eigenvalue weighted by Gasteiger charge is -2.18. The zero-order valence-corrected chi connectivity index (χ0v) is 21.6. The van der Waals surface area contributed by atoms with E-state index in [2.05, 4.69) is 15.5 Å². The summed E-state index contributed by atoms with van der Waals surface area (Å²) in [6.07, 6.45) is -4.97. The van der Waals surface area contributed by atoms with Crippen molar-refractivity contribution in [1.29, 1.82) is 0 Å². The Kier molecular flexibility index (Phi) is 8.26. The molecule has 198 valence electrons. The van der Waals surface area contributed by atoms with Crippen molar-refractivity contribution in [2.24, 2.45) is 0 Å². The summed E-state index contributed by atoms with van der Waals surface area (Å²) >= 11 is 1.17. The number of alkyl halides is 3. The van der Waals surface area contributed by atoms with Gasteiger partial charge in [-0.15, -0.1) is 10.2 Å². The number of aromatic nitrogens is 3. The summed E-state index contributed by atoms with van der Waals surface area (Å²) < 4.78 is 51.8. The predicted molar refractivity (Wildman–Crippen MR) is 139 cm³/mol. The molecule has 1 amide bonds. The van der Waals surface area contributed by atoms with Crippen LogP contribution in [0.15, 0.2) is 84.0 Å². The van der Waals surface area contributed by atoms with Gasteiger partial charge in [0.25, 0.3) is 0 Å². The highest BCUT2D eigenvalue weighted by molar-refractivity contribution is 8.00. The summed E-state index contributed by atoms with van der Waals surface area (Å²) in [5, 5.41) is 11.2. The van der Waals surface area contributed by atoms with Crippen molar-refractivity contribution in [3.8, 4) is 17.2 Å². The summed E-state index contributed by atoms with van der Waals surface area (Å²) in [6, 6.07) is 21.0. The molecule has 1 aromatic heterocycles. The lowest BCUT2D eigenvalue weighted by atomic mass is 10.2. The first kappa shape index (κ1) is 27.1. The van der Waals surface area contributed by atoms with Crippen LogP contribution in [0.1, 0.15) is 31.3 Å². The highest BCUT2D eigenvalue weighted by atomic mass is 32.2. The number of halogens is 3. The Morgan fingerprint density at radius 1 is 0.921 bits per heavy atom. The molecular formula is C27H25F3N4O3S. The van der Waals surface area contributed by atoms with Gasteiger partial charge in [-0.25, -0.2) is 0 Å². The Labute approximate surface area is 222 Å². The lowest BCUT2D eigenvalue weighted by Crippen LogP contribution is -2.23. The quantitative estimate of drug-likeness (QED) is 0.242. The summed E-state index contributed by atoms with van der Waals surface area (Å²) in [6.45, 7) is 3.52. The second-order valence-electron chi connectivity index (χ2n) is 8.25. The van der Waals surface area contributed by atoms with Crippen LogP contribution in [0.4, 0.5) is 18.9 Å². The van der Waals surface area contributed by atoms with Gasteiger partial charge in [-0.2, -0.15) is 13.2 Å². The number of rotatable bonds is 9. The highest BCUT2D eigenvalue weighted by Crippen LogP contribution is 2.34. The molecule has 0 saturated carbocycles. The summed E-state index contributed by atoms with van der Waals surface area (Å²) in [5.41, 5.74) is 0.256. The Morgan fingerprint density at radius 2 is 1.55 bits per heavy atom. The van der Waals surface area contributed by atoms with Gasteiger partial charge in [0.1, 0.15) is 0 Å². The number of carbonyl (C=O) groups is 1. The molecule has 0 aliphatic rings. The van der Waals surface area contributed by atoms with Crippen LogP contribution in [0.3, 0.4) is 0 Å². The molecule has 11 heteroatoms. The van der Waals surface area contributed by atoms with E-state index in [1.54, 1.807) is 26.2 Å². The SMILES string of the molecule is COc1ccccc1OC(C)c1nnc(SC(C)C(=O)Nc2ccc(C(F)(F)F)cc2)n1-c1ccccc1. The molecule has 0 bridgehead atoms. The van der Waals surface area contributed by atoms with Crippen molar-refractivity contribution >= 4 is 23.4 Å². The monoisotopic (exact) mass is 542 g/mol. The minimum atomic E-state index is -4.45. The molecule has 4 aromatic rings. The van der Waals surface area contributed by atoms with E-state index in [1.165, 1.54) is 23.9 Å². The number of amides is 1. The second kappa shape index (κ2) is 11.6.